The number of fused-ring (bicyclic) bond motifs is 1. The van der Waals surface area contributed by atoms with Gasteiger partial charge in [0.25, 0.3) is 6.01 Å². The molecule has 0 saturated carbocycles. The Bertz CT molecular complexity index is 1990. The van der Waals surface area contributed by atoms with Gasteiger partial charge < -0.3 is 18.9 Å². The number of H-pyrrole nitrogens is 1. The standard InChI is InChI=1S/C33H30N4O10/c1-4-43-30(40)31(41)46-19(3)26(38)18-45-29(39)24-11-8-12-25-27(24)37(32(34-25)44-5-2)17-20-13-15-21(16-14-20)22-9-6-7-10-23(22)28-35-33(42)47-36-28/h6-16,19H,4-5,17-18H2,1-3H3,(H,35,36,42). The Balaban J connectivity index is 1.37. The minimum absolute atomic E-state index is 0.0322. The van der Waals surface area contributed by atoms with E-state index in [1.165, 1.54) is 13.8 Å². The van der Waals surface area contributed by atoms with Crippen molar-refractivity contribution in [3.8, 4) is 28.5 Å². The van der Waals surface area contributed by atoms with Crippen molar-refractivity contribution in [3.05, 3.63) is 88.4 Å². The zero-order chi connectivity index (χ0) is 33.5. The number of esters is 3. The summed E-state index contributed by atoms with van der Waals surface area (Å²) < 4.78 is 26.9. The summed E-state index contributed by atoms with van der Waals surface area (Å²) in [6, 6.07) is 20.3. The van der Waals surface area contributed by atoms with Crippen LogP contribution in [-0.2, 0) is 35.1 Å². The zero-order valence-electron chi connectivity index (χ0n) is 25.7. The summed E-state index contributed by atoms with van der Waals surface area (Å²) >= 11 is 0. The van der Waals surface area contributed by atoms with Crippen LogP contribution in [0.25, 0.3) is 33.5 Å². The van der Waals surface area contributed by atoms with E-state index in [9.17, 15) is 24.0 Å². The van der Waals surface area contributed by atoms with Gasteiger partial charge in [0, 0.05) is 5.56 Å². The van der Waals surface area contributed by atoms with Crippen LogP contribution in [0.15, 0.2) is 76.0 Å². The molecule has 0 bridgehead atoms. The predicted molar refractivity (Wildman–Crippen MR) is 165 cm³/mol. The van der Waals surface area contributed by atoms with Crippen molar-refractivity contribution in [2.45, 2.75) is 33.4 Å². The van der Waals surface area contributed by atoms with Crippen LogP contribution < -0.4 is 10.5 Å². The Morgan fingerprint density at radius 3 is 2.32 bits per heavy atom. The van der Waals surface area contributed by atoms with Crippen molar-refractivity contribution in [2.75, 3.05) is 19.8 Å². The van der Waals surface area contributed by atoms with Crippen molar-refractivity contribution >= 4 is 34.7 Å². The van der Waals surface area contributed by atoms with Crippen molar-refractivity contribution in [2.24, 2.45) is 0 Å². The highest BCUT2D eigenvalue weighted by molar-refractivity contribution is 6.30. The molecule has 0 amide bonds. The topological polar surface area (TPSA) is 182 Å². The first kappa shape index (κ1) is 32.3. The van der Waals surface area contributed by atoms with E-state index in [1.54, 1.807) is 22.8 Å². The van der Waals surface area contributed by atoms with Crippen LogP contribution in [0.5, 0.6) is 6.01 Å². The molecule has 0 spiro atoms. The van der Waals surface area contributed by atoms with E-state index < -0.39 is 42.2 Å². The molecule has 2 aromatic heterocycles. The minimum atomic E-state index is -1.35. The number of ketones is 1. The number of benzene rings is 3. The molecular weight excluding hydrogens is 612 g/mol. The van der Waals surface area contributed by atoms with Crippen LogP contribution in [0.4, 0.5) is 0 Å². The Morgan fingerprint density at radius 1 is 0.894 bits per heavy atom. The van der Waals surface area contributed by atoms with Crippen molar-refractivity contribution in [1.29, 1.82) is 0 Å². The normalized spacial score (nSPS) is 11.6. The number of imidazole rings is 1. The third-order valence-corrected chi connectivity index (χ3v) is 6.98. The number of nitrogens with zero attached hydrogens (tertiary/aromatic N) is 3. The average Bonchev–Trinajstić information content (AvgIpc) is 3.67. The third-order valence-electron chi connectivity index (χ3n) is 6.98. The second kappa shape index (κ2) is 14.4. The highest BCUT2D eigenvalue weighted by Crippen LogP contribution is 2.31. The van der Waals surface area contributed by atoms with E-state index in [1.807, 2.05) is 55.5 Å². The molecule has 5 aromatic rings. The smallest absolute Gasteiger partial charge is 0.439 e. The maximum atomic E-state index is 13.3. The van der Waals surface area contributed by atoms with Gasteiger partial charge in [-0.15, -0.1) is 0 Å². The van der Waals surface area contributed by atoms with Gasteiger partial charge in [0.1, 0.15) is 0 Å². The Kier molecular flexibility index (Phi) is 9.89. The fraction of sp³-hybridized carbons (Fsp3) is 0.242. The van der Waals surface area contributed by atoms with E-state index >= 15 is 0 Å². The largest absolute Gasteiger partial charge is 0.465 e. The van der Waals surface area contributed by atoms with Crippen molar-refractivity contribution in [1.82, 2.24) is 19.7 Å². The van der Waals surface area contributed by atoms with Gasteiger partial charge in [0.2, 0.25) is 5.78 Å². The molecule has 0 aliphatic rings. The van der Waals surface area contributed by atoms with E-state index in [0.717, 1.165) is 16.7 Å². The summed E-state index contributed by atoms with van der Waals surface area (Å²) in [5, 5.41) is 3.81. The number of para-hydroxylation sites is 1. The van der Waals surface area contributed by atoms with Crippen molar-refractivity contribution < 1.29 is 42.6 Å². The molecule has 0 saturated heterocycles. The predicted octanol–water partition coefficient (Wildman–Crippen LogP) is 3.71. The number of hydrogen-bond donors (Lipinski definition) is 1. The number of carbonyl (C=O) groups excluding carboxylic acids is 4. The fourth-order valence-corrected chi connectivity index (χ4v) is 4.77. The monoisotopic (exact) mass is 642 g/mol. The van der Waals surface area contributed by atoms with Crippen LogP contribution in [0.2, 0.25) is 0 Å². The molecule has 5 rings (SSSR count). The van der Waals surface area contributed by atoms with Gasteiger partial charge in [-0.1, -0.05) is 59.8 Å². The minimum Gasteiger partial charge on any atom is -0.465 e. The van der Waals surface area contributed by atoms with Gasteiger partial charge in [0.05, 0.1) is 36.4 Å². The molecule has 0 aliphatic carbocycles. The van der Waals surface area contributed by atoms with Crippen LogP contribution in [-0.4, -0.2) is 69.3 Å². The second-order valence-corrected chi connectivity index (χ2v) is 10.1. The summed E-state index contributed by atoms with van der Waals surface area (Å²) in [5.74, 6) is -4.42. The number of carbonyl (C=O) groups is 4. The maximum Gasteiger partial charge on any atom is 0.439 e. The van der Waals surface area contributed by atoms with E-state index in [0.29, 0.717) is 29.0 Å². The number of rotatable bonds is 12. The Hall–Kier alpha value is -6.05. The molecule has 242 valence electrons. The quantitative estimate of drug-likeness (QED) is 0.118. The lowest BCUT2D eigenvalue weighted by molar-refractivity contribution is -0.171. The molecule has 0 aliphatic heterocycles. The second-order valence-electron chi connectivity index (χ2n) is 10.1. The number of hydrogen-bond acceptors (Lipinski definition) is 12. The molecule has 14 heteroatoms. The first-order valence-electron chi connectivity index (χ1n) is 14.6. The summed E-state index contributed by atoms with van der Waals surface area (Å²) in [4.78, 5) is 67.7. The lowest BCUT2D eigenvalue weighted by Crippen LogP contribution is -2.32. The van der Waals surface area contributed by atoms with Crippen LogP contribution in [0, 0.1) is 0 Å². The van der Waals surface area contributed by atoms with Crippen LogP contribution >= 0.6 is 0 Å². The maximum absolute atomic E-state index is 13.3. The molecular formula is C33H30N4O10. The molecule has 14 nitrogen and oxygen atoms in total. The molecule has 1 N–H and O–H groups in total. The molecule has 1 unspecified atom stereocenters. The Labute approximate surface area is 267 Å². The number of aromatic nitrogens is 4. The van der Waals surface area contributed by atoms with E-state index in [4.69, 9.17) is 14.2 Å². The number of nitrogens with one attached hydrogen (secondary N) is 1. The summed E-state index contributed by atoms with van der Waals surface area (Å²) in [7, 11) is 0. The summed E-state index contributed by atoms with van der Waals surface area (Å²) in [6.07, 6.45) is -1.35. The highest BCUT2D eigenvalue weighted by atomic mass is 16.6. The number of Topliss-reactive ketones (excluding diaryl/α,β-unsaturated/α-hetero) is 1. The van der Waals surface area contributed by atoms with Gasteiger partial charge in [-0.3, -0.25) is 18.9 Å². The number of ether oxygens (including phenoxy) is 4. The van der Waals surface area contributed by atoms with Gasteiger partial charge >= 0.3 is 23.7 Å². The third kappa shape index (κ3) is 7.27. The molecule has 1 atom stereocenters. The average molecular weight is 643 g/mol. The van der Waals surface area contributed by atoms with Gasteiger partial charge in [0.15, 0.2) is 18.5 Å². The first-order valence-corrected chi connectivity index (χ1v) is 14.6. The zero-order valence-corrected chi connectivity index (χ0v) is 25.7. The van der Waals surface area contributed by atoms with E-state index in [-0.39, 0.29) is 24.7 Å². The highest BCUT2D eigenvalue weighted by Gasteiger charge is 2.26. The molecule has 0 fully saturated rings. The van der Waals surface area contributed by atoms with Crippen molar-refractivity contribution in [3.63, 3.8) is 0 Å². The summed E-state index contributed by atoms with van der Waals surface area (Å²) in [5.41, 5.74) is 4.28. The molecule has 0 radical (unpaired) electrons. The molecule has 2 heterocycles. The SMILES string of the molecule is CCOC(=O)C(=O)OC(C)C(=O)COC(=O)c1cccc2nc(OCC)n(Cc3ccc(-c4ccccc4-c4noc(=O)[nH]4)cc3)c12. The Morgan fingerprint density at radius 2 is 1.64 bits per heavy atom. The van der Waals surface area contributed by atoms with E-state index in [2.05, 4.69) is 24.4 Å². The summed E-state index contributed by atoms with van der Waals surface area (Å²) in [6.45, 7) is 4.45. The number of aromatic amines is 1. The lowest BCUT2D eigenvalue weighted by Gasteiger charge is -2.14. The van der Waals surface area contributed by atoms with Gasteiger partial charge in [-0.2, -0.15) is 4.98 Å². The van der Waals surface area contributed by atoms with Gasteiger partial charge in [-0.25, -0.2) is 19.2 Å². The molecule has 47 heavy (non-hydrogen) atoms. The van der Waals surface area contributed by atoms with Gasteiger partial charge in [-0.05, 0) is 49.6 Å². The lowest BCUT2D eigenvalue weighted by atomic mass is 9.98. The van der Waals surface area contributed by atoms with Crippen LogP contribution in [0.1, 0.15) is 36.7 Å². The first-order chi connectivity index (χ1) is 22.7. The van der Waals surface area contributed by atoms with Crippen LogP contribution in [0.3, 0.4) is 0 Å². The molecule has 3 aromatic carbocycles. The fourth-order valence-electron chi connectivity index (χ4n) is 4.77.